The van der Waals surface area contributed by atoms with Crippen LogP contribution in [-0.4, -0.2) is 22.1 Å². The molecular weight excluding hydrogens is 260 g/mol. The summed E-state index contributed by atoms with van der Waals surface area (Å²) in [5.74, 6) is -1.80. The topological polar surface area (TPSA) is 92.4 Å². The number of carbonyl (C=O) groups is 2. The lowest BCUT2D eigenvalue weighted by atomic mass is 10.1. The van der Waals surface area contributed by atoms with Gasteiger partial charge in [0.15, 0.2) is 5.69 Å². The standard InChI is InChI=1S/C11H7ClN2O4/c12-6-2-1-3-7(9(6)11(16)17)13-10(15)8-4-5-18-14-8/h1-5H,(H,13,15)(H,16,17). The molecule has 0 spiro atoms. The highest BCUT2D eigenvalue weighted by molar-refractivity contribution is 6.34. The smallest absolute Gasteiger partial charge is 0.339 e. The van der Waals surface area contributed by atoms with Crippen molar-refractivity contribution in [2.75, 3.05) is 5.32 Å². The average molecular weight is 267 g/mol. The fourth-order valence-corrected chi connectivity index (χ4v) is 1.62. The first kappa shape index (κ1) is 12.1. The Hall–Kier alpha value is -2.34. The van der Waals surface area contributed by atoms with E-state index in [9.17, 15) is 9.59 Å². The molecule has 1 amide bonds. The molecule has 0 aliphatic rings. The number of halogens is 1. The van der Waals surface area contributed by atoms with E-state index < -0.39 is 11.9 Å². The summed E-state index contributed by atoms with van der Waals surface area (Å²) in [6, 6.07) is 5.76. The molecule has 0 aliphatic heterocycles. The van der Waals surface area contributed by atoms with Crippen molar-refractivity contribution in [3.05, 3.63) is 46.8 Å². The molecule has 0 unspecified atom stereocenters. The molecule has 2 N–H and O–H groups in total. The first-order chi connectivity index (χ1) is 8.59. The number of carboxylic acids is 1. The highest BCUT2D eigenvalue weighted by atomic mass is 35.5. The Morgan fingerprint density at radius 2 is 2.11 bits per heavy atom. The Morgan fingerprint density at radius 1 is 1.33 bits per heavy atom. The van der Waals surface area contributed by atoms with Crippen molar-refractivity contribution in [3.8, 4) is 0 Å². The predicted octanol–water partition coefficient (Wildman–Crippen LogP) is 2.28. The van der Waals surface area contributed by atoms with Crippen LogP contribution in [0.3, 0.4) is 0 Å². The molecule has 0 atom stereocenters. The van der Waals surface area contributed by atoms with Crippen molar-refractivity contribution in [3.63, 3.8) is 0 Å². The number of benzene rings is 1. The lowest BCUT2D eigenvalue weighted by molar-refractivity contribution is 0.0698. The second kappa shape index (κ2) is 4.89. The SMILES string of the molecule is O=C(Nc1cccc(Cl)c1C(=O)O)c1ccon1. The number of aromatic carboxylic acids is 1. The van der Waals surface area contributed by atoms with Crippen LogP contribution >= 0.6 is 11.6 Å². The molecule has 0 aliphatic carbocycles. The van der Waals surface area contributed by atoms with Crippen molar-refractivity contribution < 1.29 is 19.2 Å². The van der Waals surface area contributed by atoms with Crippen LogP contribution in [0.5, 0.6) is 0 Å². The highest BCUT2D eigenvalue weighted by Gasteiger charge is 2.17. The van der Waals surface area contributed by atoms with Gasteiger partial charge in [-0.15, -0.1) is 0 Å². The Bertz CT molecular complexity index is 595. The number of nitrogens with zero attached hydrogens (tertiary/aromatic N) is 1. The molecule has 0 bridgehead atoms. The molecule has 2 aromatic rings. The molecular formula is C11H7ClN2O4. The van der Waals surface area contributed by atoms with E-state index in [4.69, 9.17) is 16.7 Å². The van der Waals surface area contributed by atoms with Crippen molar-refractivity contribution in [1.29, 1.82) is 0 Å². The summed E-state index contributed by atoms with van der Waals surface area (Å²) in [7, 11) is 0. The van der Waals surface area contributed by atoms with Crippen LogP contribution < -0.4 is 5.32 Å². The van der Waals surface area contributed by atoms with E-state index in [2.05, 4.69) is 15.0 Å². The Morgan fingerprint density at radius 3 is 2.72 bits per heavy atom. The Balaban J connectivity index is 2.32. The molecule has 0 saturated carbocycles. The van der Waals surface area contributed by atoms with Crippen LogP contribution in [0.1, 0.15) is 20.8 Å². The highest BCUT2D eigenvalue weighted by Crippen LogP contribution is 2.24. The number of nitrogens with one attached hydrogen (secondary N) is 1. The first-order valence-electron chi connectivity index (χ1n) is 4.83. The molecule has 0 radical (unpaired) electrons. The van der Waals surface area contributed by atoms with Gasteiger partial charge in [-0.1, -0.05) is 22.8 Å². The third-order valence-corrected chi connectivity index (χ3v) is 2.46. The second-order valence-electron chi connectivity index (χ2n) is 3.31. The van der Waals surface area contributed by atoms with Gasteiger partial charge in [-0.3, -0.25) is 4.79 Å². The van der Waals surface area contributed by atoms with Crippen LogP contribution in [0, 0.1) is 0 Å². The van der Waals surface area contributed by atoms with Gasteiger partial charge in [-0.2, -0.15) is 0 Å². The van der Waals surface area contributed by atoms with Crippen molar-refractivity contribution in [2.45, 2.75) is 0 Å². The largest absolute Gasteiger partial charge is 0.478 e. The van der Waals surface area contributed by atoms with Crippen LogP contribution in [-0.2, 0) is 0 Å². The van der Waals surface area contributed by atoms with Crippen LogP contribution in [0.4, 0.5) is 5.69 Å². The van der Waals surface area contributed by atoms with E-state index in [1.165, 1.54) is 30.5 Å². The first-order valence-corrected chi connectivity index (χ1v) is 5.21. The van der Waals surface area contributed by atoms with Gasteiger partial charge in [0.05, 0.1) is 10.7 Å². The van der Waals surface area contributed by atoms with E-state index in [0.717, 1.165) is 0 Å². The zero-order valence-corrected chi connectivity index (χ0v) is 9.64. The lowest BCUT2D eigenvalue weighted by Crippen LogP contribution is -2.15. The summed E-state index contributed by atoms with van der Waals surface area (Å²) in [5.41, 5.74) is -0.0228. The maximum Gasteiger partial charge on any atom is 0.339 e. The number of carbonyl (C=O) groups excluding carboxylic acids is 1. The zero-order chi connectivity index (χ0) is 13.1. The van der Waals surface area contributed by atoms with Crippen LogP contribution in [0.25, 0.3) is 0 Å². The molecule has 92 valence electrons. The quantitative estimate of drug-likeness (QED) is 0.889. The number of hydrogen-bond acceptors (Lipinski definition) is 4. The number of rotatable bonds is 3. The summed E-state index contributed by atoms with van der Waals surface area (Å²) in [5, 5.41) is 14.9. The van der Waals surface area contributed by atoms with Crippen LogP contribution in [0.15, 0.2) is 35.1 Å². The zero-order valence-electron chi connectivity index (χ0n) is 8.88. The molecule has 0 fully saturated rings. The maximum atomic E-state index is 11.7. The van der Waals surface area contributed by atoms with Gasteiger partial charge < -0.3 is 14.9 Å². The van der Waals surface area contributed by atoms with Gasteiger partial charge >= 0.3 is 5.97 Å². The lowest BCUT2D eigenvalue weighted by Gasteiger charge is -2.08. The van der Waals surface area contributed by atoms with E-state index in [1.54, 1.807) is 0 Å². The molecule has 0 saturated heterocycles. The van der Waals surface area contributed by atoms with Gasteiger partial charge in [0, 0.05) is 6.07 Å². The number of aromatic nitrogens is 1. The molecule has 2 rings (SSSR count). The molecule has 6 nitrogen and oxygen atoms in total. The van der Waals surface area contributed by atoms with Gasteiger partial charge in [0.2, 0.25) is 0 Å². The number of hydrogen-bond donors (Lipinski definition) is 2. The third kappa shape index (κ3) is 2.33. The van der Waals surface area contributed by atoms with Crippen molar-refractivity contribution >= 4 is 29.2 Å². The number of carboxylic acid groups (broad SMARTS) is 1. The van der Waals surface area contributed by atoms with E-state index in [0.29, 0.717) is 0 Å². The molecule has 1 heterocycles. The number of anilines is 1. The average Bonchev–Trinajstić information content (AvgIpc) is 2.81. The summed E-state index contributed by atoms with van der Waals surface area (Å²) in [4.78, 5) is 22.7. The van der Waals surface area contributed by atoms with Crippen molar-refractivity contribution in [2.24, 2.45) is 0 Å². The normalized spacial score (nSPS) is 10.1. The fourth-order valence-electron chi connectivity index (χ4n) is 1.36. The molecule has 1 aromatic carbocycles. The van der Waals surface area contributed by atoms with E-state index in [-0.39, 0.29) is 22.0 Å². The fraction of sp³-hybridized carbons (Fsp3) is 0. The molecule has 1 aromatic heterocycles. The maximum absolute atomic E-state index is 11.7. The summed E-state index contributed by atoms with van der Waals surface area (Å²) in [6.07, 6.45) is 1.24. The minimum Gasteiger partial charge on any atom is -0.478 e. The monoisotopic (exact) mass is 266 g/mol. The van der Waals surface area contributed by atoms with Gasteiger partial charge in [0.25, 0.3) is 5.91 Å². The predicted molar refractivity (Wildman–Crippen MR) is 62.9 cm³/mol. The minimum absolute atomic E-state index is 0.0421. The summed E-state index contributed by atoms with van der Waals surface area (Å²) in [6.45, 7) is 0. The summed E-state index contributed by atoms with van der Waals surface area (Å²) >= 11 is 5.77. The Labute approximate surface area is 106 Å². The molecule has 18 heavy (non-hydrogen) atoms. The summed E-state index contributed by atoms with van der Waals surface area (Å²) < 4.78 is 4.52. The van der Waals surface area contributed by atoms with E-state index >= 15 is 0 Å². The van der Waals surface area contributed by atoms with Crippen molar-refractivity contribution in [1.82, 2.24) is 5.16 Å². The Kier molecular flexibility index (Phi) is 3.29. The van der Waals surface area contributed by atoms with Crippen LogP contribution in [0.2, 0.25) is 5.02 Å². The minimum atomic E-state index is -1.23. The van der Waals surface area contributed by atoms with Gasteiger partial charge in [-0.05, 0) is 12.1 Å². The molecule has 7 heteroatoms. The van der Waals surface area contributed by atoms with E-state index in [1.807, 2.05) is 0 Å². The second-order valence-corrected chi connectivity index (χ2v) is 3.71. The third-order valence-electron chi connectivity index (χ3n) is 2.15. The van der Waals surface area contributed by atoms with Gasteiger partial charge in [-0.25, -0.2) is 4.79 Å². The van der Waals surface area contributed by atoms with Gasteiger partial charge in [0.1, 0.15) is 11.8 Å². The number of amides is 1.